The van der Waals surface area contributed by atoms with Gasteiger partial charge in [-0.05, 0) is 30.2 Å². The van der Waals surface area contributed by atoms with Crippen molar-refractivity contribution in [3.8, 4) is 5.75 Å². The molecule has 3 N–H and O–H groups in total. The van der Waals surface area contributed by atoms with Crippen molar-refractivity contribution < 1.29 is 9.53 Å². The SMILES string of the molecule is COc1cccc(CC(=O)NCC(C)CN)c1.Cl. The number of methoxy groups -OCH3 is 1. The molecule has 5 heteroatoms. The molecule has 1 amide bonds. The van der Waals surface area contributed by atoms with Gasteiger partial charge in [0.15, 0.2) is 0 Å². The van der Waals surface area contributed by atoms with Gasteiger partial charge in [-0.3, -0.25) is 4.79 Å². The Kier molecular flexibility index (Phi) is 8.16. The first-order valence-electron chi connectivity index (χ1n) is 5.75. The molecule has 0 saturated heterocycles. The van der Waals surface area contributed by atoms with Gasteiger partial charge in [0.05, 0.1) is 13.5 Å². The smallest absolute Gasteiger partial charge is 0.224 e. The van der Waals surface area contributed by atoms with Gasteiger partial charge < -0.3 is 15.8 Å². The first-order chi connectivity index (χ1) is 8.15. The maximum Gasteiger partial charge on any atom is 0.224 e. The zero-order chi connectivity index (χ0) is 12.7. The molecule has 18 heavy (non-hydrogen) atoms. The zero-order valence-electron chi connectivity index (χ0n) is 10.8. The van der Waals surface area contributed by atoms with Crippen molar-refractivity contribution in [1.29, 1.82) is 0 Å². The van der Waals surface area contributed by atoms with Gasteiger partial charge in [-0.25, -0.2) is 0 Å². The van der Waals surface area contributed by atoms with E-state index >= 15 is 0 Å². The number of hydrogen-bond donors (Lipinski definition) is 2. The van der Waals surface area contributed by atoms with Gasteiger partial charge >= 0.3 is 0 Å². The summed E-state index contributed by atoms with van der Waals surface area (Å²) in [5.74, 6) is 1.09. The van der Waals surface area contributed by atoms with Crippen LogP contribution in [0, 0.1) is 5.92 Å². The van der Waals surface area contributed by atoms with Crippen molar-refractivity contribution in [1.82, 2.24) is 5.32 Å². The predicted molar refractivity (Wildman–Crippen MR) is 75.2 cm³/mol. The minimum Gasteiger partial charge on any atom is -0.497 e. The van der Waals surface area contributed by atoms with E-state index in [1.807, 2.05) is 31.2 Å². The van der Waals surface area contributed by atoms with Gasteiger partial charge in [0.2, 0.25) is 5.91 Å². The summed E-state index contributed by atoms with van der Waals surface area (Å²) in [6, 6.07) is 7.52. The van der Waals surface area contributed by atoms with Crippen molar-refractivity contribution in [3.05, 3.63) is 29.8 Å². The third-order valence-electron chi connectivity index (χ3n) is 2.55. The number of carbonyl (C=O) groups is 1. The lowest BCUT2D eigenvalue weighted by Gasteiger charge is -2.10. The van der Waals surface area contributed by atoms with Crippen molar-refractivity contribution >= 4 is 18.3 Å². The molecule has 0 saturated carbocycles. The third-order valence-corrected chi connectivity index (χ3v) is 2.55. The van der Waals surface area contributed by atoms with E-state index < -0.39 is 0 Å². The van der Waals surface area contributed by atoms with E-state index in [9.17, 15) is 4.79 Å². The Labute approximate surface area is 114 Å². The Hall–Kier alpha value is -1.26. The fraction of sp³-hybridized carbons (Fsp3) is 0.462. The highest BCUT2D eigenvalue weighted by molar-refractivity contribution is 5.85. The van der Waals surface area contributed by atoms with E-state index in [0.29, 0.717) is 25.4 Å². The largest absolute Gasteiger partial charge is 0.497 e. The minimum atomic E-state index is 0. The quantitative estimate of drug-likeness (QED) is 0.822. The molecule has 0 aromatic heterocycles. The highest BCUT2D eigenvalue weighted by Gasteiger charge is 2.05. The van der Waals surface area contributed by atoms with Crippen molar-refractivity contribution in [3.63, 3.8) is 0 Å². The normalized spacial score (nSPS) is 11.3. The predicted octanol–water partition coefficient (Wildman–Crippen LogP) is 1.37. The number of benzene rings is 1. The second kappa shape index (κ2) is 8.78. The van der Waals surface area contributed by atoms with E-state index in [0.717, 1.165) is 11.3 Å². The molecule has 0 radical (unpaired) electrons. The van der Waals surface area contributed by atoms with Crippen LogP contribution in [-0.4, -0.2) is 26.1 Å². The standard InChI is InChI=1S/C13H20N2O2.ClH/c1-10(8-14)9-15-13(16)7-11-4-3-5-12(6-11)17-2;/h3-6,10H,7-9,14H2,1-2H3,(H,15,16);1H. The number of ether oxygens (including phenoxy) is 1. The molecule has 0 heterocycles. The van der Waals surface area contributed by atoms with Crippen LogP contribution in [0.1, 0.15) is 12.5 Å². The molecule has 1 aromatic rings. The second-order valence-corrected chi connectivity index (χ2v) is 4.17. The maximum atomic E-state index is 11.6. The fourth-order valence-corrected chi connectivity index (χ4v) is 1.40. The van der Waals surface area contributed by atoms with Gasteiger partial charge in [-0.2, -0.15) is 0 Å². The third kappa shape index (κ3) is 5.89. The molecular weight excluding hydrogens is 252 g/mol. The lowest BCUT2D eigenvalue weighted by atomic mass is 10.1. The van der Waals surface area contributed by atoms with Crippen LogP contribution in [0.15, 0.2) is 24.3 Å². The maximum absolute atomic E-state index is 11.6. The lowest BCUT2D eigenvalue weighted by molar-refractivity contribution is -0.120. The Morgan fingerprint density at radius 2 is 2.22 bits per heavy atom. The van der Waals surface area contributed by atoms with Crippen LogP contribution in [0.25, 0.3) is 0 Å². The second-order valence-electron chi connectivity index (χ2n) is 4.17. The highest BCUT2D eigenvalue weighted by Crippen LogP contribution is 2.12. The Bertz CT molecular complexity index is 372. The summed E-state index contributed by atoms with van der Waals surface area (Å²) in [6.07, 6.45) is 0.370. The molecule has 0 aliphatic rings. The van der Waals surface area contributed by atoms with E-state index in [4.69, 9.17) is 10.5 Å². The van der Waals surface area contributed by atoms with Crippen LogP contribution in [0.3, 0.4) is 0 Å². The van der Waals surface area contributed by atoms with E-state index in [1.165, 1.54) is 0 Å². The number of nitrogens with two attached hydrogens (primary N) is 1. The molecule has 4 nitrogen and oxygen atoms in total. The first-order valence-corrected chi connectivity index (χ1v) is 5.75. The highest BCUT2D eigenvalue weighted by atomic mass is 35.5. The molecule has 0 spiro atoms. The molecule has 0 aliphatic carbocycles. The van der Waals surface area contributed by atoms with Crippen LogP contribution in [0.5, 0.6) is 5.75 Å². The molecule has 0 bridgehead atoms. The van der Waals surface area contributed by atoms with Gasteiger partial charge in [0.25, 0.3) is 0 Å². The lowest BCUT2D eigenvalue weighted by Crippen LogP contribution is -2.32. The fourth-order valence-electron chi connectivity index (χ4n) is 1.40. The van der Waals surface area contributed by atoms with Crippen LogP contribution in [0.2, 0.25) is 0 Å². The average molecular weight is 273 g/mol. The molecule has 1 rings (SSSR count). The van der Waals surface area contributed by atoms with Gasteiger partial charge in [-0.1, -0.05) is 19.1 Å². The van der Waals surface area contributed by atoms with Crippen LogP contribution in [-0.2, 0) is 11.2 Å². The van der Waals surface area contributed by atoms with Crippen molar-refractivity contribution in [2.45, 2.75) is 13.3 Å². The number of hydrogen-bond acceptors (Lipinski definition) is 3. The number of halogens is 1. The summed E-state index contributed by atoms with van der Waals surface area (Å²) < 4.78 is 5.10. The molecule has 102 valence electrons. The molecule has 0 fully saturated rings. The average Bonchev–Trinajstić information content (AvgIpc) is 2.36. The Balaban J connectivity index is 0.00000289. The molecule has 0 aliphatic heterocycles. The van der Waals surface area contributed by atoms with Gasteiger partial charge in [-0.15, -0.1) is 12.4 Å². The number of rotatable bonds is 6. The number of nitrogens with one attached hydrogen (secondary N) is 1. The van der Waals surface area contributed by atoms with E-state index in [2.05, 4.69) is 5.32 Å². The summed E-state index contributed by atoms with van der Waals surface area (Å²) in [5.41, 5.74) is 6.43. The minimum absolute atomic E-state index is 0. The first kappa shape index (κ1) is 16.7. The van der Waals surface area contributed by atoms with Crippen LogP contribution in [0.4, 0.5) is 0 Å². The number of carbonyl (C=O) groups excluding carboxylic acids is 1. The van der Waals surface area contributed by atoms with Crippen molar-refractivity contribution in [2.75, 3.05) is 20.2 Å². The molecule has 1 aromatic carbocycles. The molecular formula is C13H21ClN2O2. The Morgan fingerprint density at radius 1 is 1.50 bits per heavy atom. The number of amides is 1. The van der Waals surface area contributed by atoms with Crippen molar-refractivity contribution in [2.24, 2.45) is 11.7 Å². The monoisotopic (exact) mass is 272 g/mol. The van der Waals surface area contributed by atoms with E-state index in [-0.39, 0.29) is 18.3 Å². The summed E-state index contributed by atoms with van der Waals surface area (Å²) >= 11 is 0. The van der Waals surface area contributed by atoms with E-state index in [1.54, 1.807) is 7.11 Å². The molecule has 1 atom stereocenters. The summed E-state index contributed by atoms with van der Waals surface area (Å²) in [6.45, 7) is 3.21. The van der Waals surface area contributed by atoms with Gasteiger partial charge in [0.1, 0.15) is 5.75 Å². The van der Waals surface area contributed by atoms with Gasteiger partial charge in [0, 0.05) is 6.54 Å². The summed E-state index contributed by atoms with van der Waals surface area (Å²) in [4.78, 5) is 11.6. The Morgan fingerprint density at radius 3 is 2.83 bits per heavy atom. The van der Waals surface area contributed by atoms with Crippen LogP contribution >= 0.6 is 12.4 Å². The summed E-state index contributed by atoms with van der Waals surface area (Å²) in [7, 11) is 1.61. The molecule has 1 unspecified atom stereocenters. The topological polar surface area (TPSA) is 64.3 Å². The summed E-state index contributed by atoms with van der Waals surface area (Å²) in [5, 5.41) is 2.86. The zero-order valence-corrected chi connectivity index (χ0v) is 11.6. The van der Waals surface area contributed by atoms with Crippen LogP contribution < -0.4 is 15.8 Å².